The highest BCUT2D eigenvalue weighted by molar-refractivity contribution is 6.62. The Bertz CT molecular complexity index is 1200. The van der Waals surface area contributed by atoms with E-state index < -0.39 is 0 Å². The van der Waals surface area contributed by atoms with Crippen LogP contribution in [0.15, 0.2) is 60.8 Å². The van der Waals surface area contributed by atoms with E-state index in [1.807, 2.05) is 18.3 Å². The number of rotatable bonds is 2. The van der Waals surface area contributed by atoms with E-state index in [0.29, 0.717) is 0 Å². The molecule has 1 aromatic heterocycles. The minimum absolute atomic E-state index is 0.367. The molecule has 5 rings (SSSR count). The second-order valence-electron chi connectivity index (χ2n) is 9.63. The van der Waals surface area contributed by atoms with Crippen molar-refractivity contribution in [2.75, 3.05) is 0 Å². The first-order valence-corrected chi connectivity index (χ1v) is 11.5. The summed E-state index contributed by atoms with van der Waals surface area (Å²) in [6, 6.07) is 18.7. The number of benzene rings is 2. The monoisotopic (exact) mass is 443 g/mol. The summed E-state index contributed by atoms with van der Waals surface area (Å²) < 4.78 is 12.5. The van der Waals surface area contributed by atoms with Gasteiger partial charge >= 0.3 is 7.12 Å². The van der Waals surface area contributed by atoms with Crippen molar-refractivity contribution >= 4 is 35.8 Å². The summed E-state index contributed by atoms with van der Waals surface area (Å²) in [5.41, 5.74) is 7.23. The first kappa shape index (κ1) is 21.5. The molecule has 0 N–H and O–H groups in total. The normalized spacial score (nSPS) is 20.0. The summed E-state index contributed by atoms with van der Waals surface area (Å²) >= 11 is 6.33. The van der Waals surface area contributed by atoms with Gasteiger partial charge in [-0.05, 0) is 92.5 Å². The van der Waals surface area contributed by atoms with Gasteiger partial charge in [-0.25, -0.2) is 0 Å². The molecule has 3 aromatic rings. The summed E-state index contributed by atoms with van der Waals surface area (Å²) in [7, 11) is -0.385. The number of pyridine rings is 1. The summed E-state index contributed by atoms with van der Waals surface area (Å²) in [6.07, 6.45) is 5.98. The number of fused-ring (bicyclic) bond motifs is 2. The van der Waals surface area contributed by atoms with Crippen LogP contribution in [0, 0.1) is 0 Å². The molecule has 0 atom stereocenters. The molecular weight excluding hydrogens is 417 g/mol. The zero-order chi connectivity index (χ0) is 22.5. The minimum atomic E-state index is -0.385. The molecule has 32 heavy (non-hydrogen) atoms. The number of hydrogen-bond donors (Lipinski definition) is 0. The molecule has 162 valence electrons. The highest BCUT2D eigenvalue weighted by atomic mass is 35.5. The molecule has 2 aromatic carbocycles. The lowest BCUT2D eigenvalue weighted by molar-refractivity contribution is 0.00578. The lowest BCUT2D eigenvalue weighted by Gasteiger charge is -2.32. The minimum Gasteiger partial charge on any atom is -0.399 e. The molecule has 1 aliphatic heterocycles. The van der Waals surface area contributed by atoms with Gasteiger partial charge in [0.1, 0.15) is 0 Å². The number of aryl methyl sites for hydroxylation is 2. The standard InChI is InChI=1S/C27H27BClNO2/c1-26(2)27(3,4)32-28(31-26)21-9-5-7-18(15-21)16-24-23-13-12-22(29)17-20(23)11-10-19-8-6-14-30-25(19)24/h5-9,12-17H,10-11H2,1-4H3/b24-16-. The van der Waals surface area contributed by atoms with E-state index in [4.69, 9.17) is 25.9 Å². The lowest BCUT2D eigenvalue weighted by atomic mass is 9.78. The Hall–Kier alpha value is -2.40. The second kappa shape index (κ2) is 7.88. The van der Waals surface area contributed by atoms with Crippen LogP contribution in [0.25, 0.3) is 11.6 Å². The van der Waals surface area contributed by atoms with Crippen LogP contribution in [-0.2, 0) is 22.2 Å². The maximum absolute atomic E-state index is 6.33. The molecule has 3 nitrogen and oxygen atoms in total. The predicted molar refractivity (Wildman–Crippen MR) is 132 cm³/mol. The zero-order valence-electron chi connectivity index (χ0n) is 19.0. The van der Waals surface area contributed by atoms with Gasteiger partial charge in [-0.3, -0.25) is 4.98 Å². The van der Waals surface area contributed by atoms with Crippen molar-refractivity contribution in [3.8, 4) is 0 Å². The summed E-state index contributed by atoms with van der Waals surface area (Å²) in [6.45, 7) is 8.31. The summed E-state index contributed by atoms with van der Waals surface area (Å²) in [4.78, 5) is 4.77. The third-order valence-corrected chi connectivity index (χ3v) is 7.15. The first-order chi connectivity index (χ1) is 15.2. The van der Waals surface area contributed by atoms with Gasteiger partial charge in [0.15, 0.2) is 0 Å². The van der Waals surface area contributed by atoms with E-state index in [9.17, 15) is 0 Å². The first-order valence-electron chi connectivity index (χ1n) is 11.1. The Morgan fingerprint density at radius 3 is 2.44 bits per heavy atom. The molecule has 0 saturated carbocycles. The van der Waals surface area contributed by atoms with Crippen LogP contribution in [0.4, 0.5) is 0 Å². The molecule has 5 heteroatoms. The average molecular weight is 444 g/mol. The molecule has 1 aliphatic carbocycles. The topological polar surface area (TPSA) is 31.4 Å². The molecule has 1 fully saturated rings. The Morgan fingerprint density at radius 2 is 1.66 bits per heavy atom. The van der Waals surface area contributed by atoms with Gasteiger partial charge in [0, 0.05) is 16.8 Å². The van der Waals surface area contributed by atoms with Crippen LogP contribution in [0.2, 0.25) is 5.02 Å². The smallest absolute Gasteiger partial charge is 0.399 e. The van der Waals surface area contributed by atoms with Gasteiger partial charge < -0.3 is 9.31 Å². The zero-order valence-corrected chi connectivity index (χ0v) is 19.7. The molecule has 0 amide bonds. The van der Waals surface area contributed by atoms with E-state index in [-0.39, 0.29) is 18.3 Å². The highest BCUT2D eigenvalue weighted by Gasteiger charge is 2.51. The molecular formula is C27H27BClNO2. The number of aromatic nitrogens is 1. The predicted octanol–water partition coefficient (Wildman–Crippen LogP) is 5.72. The van der Waals surface area contributed by atoms with Gasteiger partial charge in [0.25, 0.3) is 0 Å². The fourth-order valence-electron chi connectivity index (χ4n) is 4.40. The van der Waals surface area contributed by atoms with Crippen molar-refractivity contribution < 1.29 is 9.31 Å². The fraction of sp³-hybridized carbons (Fsp3) is 0.296. The molecule has 0 spiro atoms. The van der Waals surface area contributed by atoms with Crippen molar-refractivity contribution in [1.82, 2.24) is 4.98 Å². The number of halogens is 1. The lowest BCUT2D eigenvalue weighted by Crippen LogP contribution is -2.41. The van der Waals surface area contributed by atoms with E-state index >= 15 is 0 Å². The third-order valence-electron chi connectivity index (χ3n) is 6.91. The van der Waals surface area contributed by atoms with Gasteiger partial charge in [-0.2, -0.15) is 0 Å². The van der Waals surface area contributed by atoms with Gasteiger partial charge in [0.05, 0.1) is 16.9 Å². The van der Waals surface area contributed by atoms with Gasteiger partial charge in [0.2, 0.25) is 0 Å². The average Bonchev–Trinajstić information content (AvgIpc) is 2.89. The molecule has 2 aliphatic rings. The van der Waals surface area contributed by atoms with Crippen LogP contribution in [0.5, 0.6) is 0 Å². The van der Waals surface area contributed by atoms with Crippen molar-refractivity contribution in [1.29, 1.82) is 0 Å². The van der Waals surface area contributed by atoms with Gasteiger partial charge in [-0.1, -0.05) is 48.0 Å². The van der Waals surface area contributed by atoms with Crippen molar-refractivity contribution in [2.45, 2.75) is 51.7 Å². The van der Waals surface area contributed by atoms with E-state index in [0.717, 1.165) is 40.2 Å². The van der Waals surface area contributed by atoms with Crippen LogP contribution in [0.1, 0.15) is 55.6 Å². The van der Waals surface area contributed by atoms with Crippen molar-refractivity contribution in [3.05, 3.63) is 93.8 Å². The SMILES string of the molecule is CC1(C)OB(c2cccc(/C=C3/c4ccc(Cl)cc4CCc4cccnc43)c2)OC1(C)C. The summed E-state index contributed by atoms with van der Waals surface area (Å²) in [5.74, 6) is 0. The Balaban J connectivity index is 1.60. The number of hydrogen-bond acceptors (Lipinski definition) is 3. The molecule has 0 unspecified atom stereocenters. The Labute approximate surface area is 195 Å². The molecule has 1 saturated heterocycles. The van der Waals surface area contributed by atoms with Crippen LogP contribution in [-0.4, -0.2) is 23.3 Å². The van der Waals surface area contributed by atoms with Crippen LogP contribution < -0.4 is 5.46 Å². The van der Waals surface area contributed by atoms with E-state index in [1.165, 1.54) is 16.7 Å². The molecule has 0 bridgehead atoms. The Morgan fingerprint density at radius 1 is 0.906 bits per heavy atom. The van der Waals surface area contributed by atoms with Crippen molar-refractivity contribution in [3.63, 3.8) is 0 Å². The molecule has 2 heterocycles. The van der Waals surface area contributed by atoms with E-state index in [1.54, 1.807) is 0 Å². The largest absolute Gasteiger partial charge is 0.494 e. The van der Waals surface area contributed by atoms with Crippen LogP contribution in [0.3, 0.4) is 0 Å². The van der Waals surface area contributed by atoms with Gasteiger partial charge in [-0.15, -0.1) is 0 Å². The van der Waals surface area contributed by atoms with Crippen molar-refractivity contribution in [2.24, 2.45) is 0 Å². The second-order valence-corrected chi connectivity index (χ2v) is 10.1. The number of nitrogens with zero attached hydrogens (tertiary/aromatic N) is 1. The maximum atomic E-state index is 6.33. The highest BCUT2D eigenvalue weighted by Crippen LogP contribution is 2.37. The van der Waals surface area contributed by atoms with E-state index in [2.05, 4.69) is 76.2 Å². The Kier molecular flexibility index (Phi) is 5.28. The van der Waals surface area contributed by atoms with Crippen LogP contribution >= 0.6 is 11.6 Å². The third kappa shape index (κ3) is 3.81. The quantitative estimate of drug-likeness (QED) is 0.475. The molecule has 0 radical (unpaired) electrons. The fourth-order valence-corrected chi connectivity index (χ4v) is 4.59. The maximum Gasteiger partial charge on any atom is 0.494 e. The summed E-state index contributed by atoms with van der Waals surface area (Å²) in [5, 5.41) is 0.768.